The SMILES string of the molecule is C=C[Si](C)(C)COC(=O)/C(C#N)=C\C=C\c1ccccc1. The third kappa shape index (κ3) is 6.06. The number of hydrogen-bond acceptors (Lipinski definition) is 3. The standard InChI is InChI=1S/C17H19NO2Si/c1-4-21(2,3)14-20-17(19)16(13-18)12-8-11-15-9-6-5-7-10-15/h4-12H,1,14H2,2-3H3/b11-8+,16-12-. The Kier molecular flexibility index (Phi) is 6.37. The largest absolute Gasteiger partial charge is 0.465 e. The summed E-state index contributed by atoms with van der Waals surface area (Å²) < 4.78 is 5.18. The first kappa shape index (κ1) is 16.7. The minimum Gasteiger partial charge on any atom is -0.465 e. The van der Waals surface area contributed by atoms with Gasteiger partial charge in [-0.1, -0.05) is 61.3 Å². The Balaban J connectivity index is 2.68. The topological polar surface area (TPSA) is 50.1 Å². The molecule has 3 nitrogen and oxygen atoms in total. The summed E-state index contributed by atoms with van der Waals surface area (Å²) in [6, 6.07) is 11.5. The van der Waals surface area contributed by atoms with Crippen molar-refractivity contribution in [3.8, 4) is 6.07 Å². The fraction of sp³-hybridized carbons (Fsp3) is 0.176. The molecule has 108 valence electrons. The monoisotopic (exact) mass is 297 g/mol. The van der Waals surface area contributed by atoms with Crippen LogP contribution in [0.3, 0.4) is 0 Å². The number of benzene rings is 1. The third-order valence-corrected chi connectivity index (χ3v) is 4.81. The summed E-state index contributed by atoms with van der Waals surface area (Å²) in [6.07, 6.45) is 5.30. The molecule has 0 fully saturated rings. The Labute approximate surface area is 126 Å². The highest BCUT2D eigenvalue weighted by atomic mass is 28.3. The minimum absolute atomic E-state index is 0.00366. The summed E-state index contributed by atoms with van der Waals surface area (Å²) >= 11 is 0. The van der Waals surface area contributed by atoms with Gasteiger partial charge in [0.25, 0.3) is 0 Å². The molecular formula is C17H19NO2Si. The van der Waals surface area contributed by atoms with Gasteiger partial charge in [0, 0.05) is 0 Å². The quantitative estimate of drug-likeness (QED) is 0.265. The second-order valence-corrected chi connectivity index (χ2v) is 9.90. The first-order chi connectivity index (χ1) is 9.98. The van der Waals surface area contributed by atoms with Crippen LogP contribution in [0.5, 0.6) is 0 Å². The summed E-state index contributed by atoms with van der Waals surface area (Å²) in [4.78, 5) is 11.8. The molecule has 1 aromatic carbocycles. The van der Waals surface area contributed by atoms with Gasteiger partial charge in [0.05, 0.1) is 6.23 Å². The number of carbonyl (C=O) groups excluding carboxylic acids is 1. The van der Waals surface area contributed by atoms with E-state index in [0.29, 0.717) is 6.23 Å². The molecule has 0 bridgehead atoms. The van der Waals surface area contributed by atoms with E-state index in [9.17, 15) is 4.79 Å². The number of nitrogens with zero attached hydrogens (tertiary/aromatic N) is 1. The van der Waals surface area contributed by atoms with Crippen molar-refractivity contribution in [2.24, 2.45) is 0 Å². The molecule has 0 atom stereocenters. The molecule has 0 amide bonds. The first-order valence-electron chi connectivity index (χ1n) is 6.63. The molecular weight excluding hydrogens is 278 g/mol. The average Bonchev–Trinajstić information content (AvgIpc) is 2.50. The number of allylic oxidation sites excluding steroid dienone is 2. The third-order valence-electron chi connectivity index (χ3n) is 2.82. The van der Waals surface area contributed by atoms with Crippen molar-refractivity contribution in [3.05, 3.63) is 65.9 Å². The highest BCUT2D eigenvalue weighted by molar-refractivity contribution is 6.82. The molecule has 1 aromatic rings. The van der Waals surface area contributed by atoms with Crippen LogP contribution in [0.25, 0.3) is 6.08 Å². The van der Waals surface area contributed by atoms with Gasteiger partial charge in [-0.25, -0.2) is 4.79 Å². The molecule has 0 aliphatic heterocycles. The van der Waals surface area contributed by atoms with Gasteiger partial charge in [0.15, 0.2) is 0 Å². The van der Waals surface area contributed by atoms with Crippen LogP contribution in [0.1, 0.15) is 5.56 Å². The number of nitriles is 1. The lowest BCUT2D eigenvalue weighted by molar-refractivity contribution is -0.136. The Hall–Kier alpha value is -2.38. The van der Waals surface area contributed by atoms with E-state index in [1.165, 1.54) is 6.08 Å². The maximum atomic E-state index is 11.8. The van der Waals surface area contributed by atoms with Gasteiger partial charge in [-0.3, -0.25) is 0 Å². The van der Waals surface area contributed by atoms with Crippen molar-refractivity contribution in [1.29, 1.82) is 5.26 Å². The van der Waals surface area contributed by atoms with Crippen molar-refractivity contribution in [2.45, 2.75) is 13.1 Å². The Morgan fingerprint density at radius 3 is 2.62 bits per heavy atom. The van der Waals surface area contributed by atoms with Crippen molar-refractivity contribution in [3.63, 3.8) is 0 Å². The Bertz CT molecular complexity index is 595. The van der Waals surface area contributed by atoms with Gasteiger partial charge >= 0.3 is 5.97 Å². The van der Waals surface area contributed by atoms with E-state index in [-0.39, 0.29) is 5.57 Å². The molecule has 0 aliphatic carbocycles. The summed E-state index contributed by atoms with van der Waals surface area (Å²) in [7, 11) is -1.72. The highest BCUT2D eigenvalue weighted by Gasteiger charge is 2.20. The smallest absolute Gasteiger partial charge is 0.348 e. The van der Waals surface area contributed by atoms with Crippen LogP contribution in [-0.2, 0) is 9.53 Å². The zero-order valence-electron chi connectivity index (χ0n) is 12.4. The zero-order chi connectivity index (χ0) is 15.7. The molecule has 0 aliphatic rings. The first-order valence-corrected chi connectivity index (χ1v) is 9.91. The number of ether oxygens (including phenoxy) is 1. The predicted molar refractivity (Wildman–Crippen MR) is 87.8 cm³/mol. The molecule has 0 radical (unpaired) electrons. The summed E-state index contributed by atoms with van der Waals surface area (Å²) in [5.74, 6) is -0.586. The van der Waals surface area contributed by atoms with Crippen LogP contribution in [0.2, 0.25) is 13.1 Å². The number of hydrogen-bond donors (Lipinski definition) is 0. The molecule has 0 unspecified atom stereocenters. The second-order valence-electron chi connectivity index (χ2n) is 5.23. The molecule has 4 heteroatoms. The summed E-state index contributed by atoms with van der Waals surface area (Å²) in [5.41, 5.74) is 2.85. The number of rotatable bonds is 6. The fourth-order valence-electron chi connectivity index (χ4n) is 1.36. The van der Waals surface area contributed by atoms with Crippen LogP contribution in [0.4, 0.5) is 0 Å². The summed E-state index contributed by atoms with van der Waals surface area (Å²) in [5, 5.41) is 9.02. The highest BCUT2D eigenvalue weighted by Crippen LogP contribution is 2.07. The lowest BCUT2D eigenvalue weighted by Crippen LogP contribution is -2.32. The number of carbonyl (C=O) groups is 1. The maximum Gasteiger partial charge on any atom is 0.348 e. The van der Waals surface area contributed by atoms with E-state index in [1.807, 2.05) is 61.3 Å². The zero-order valence-corrected chi connectivity index (χ0v) is 13.4. The van der Waals surface area contributed by atoms with Gasteiger partial charge in [0.1, 0.15) is 19.7 Å². The van der Waals surface area contributed by atoms with Crippen LogP contribution >= 0.6 is 0 Å². The summed E-state index contributed by atoms with van der Waals surface area (Å²) in [6.45, 7) is 7.82. The van der Waals surface area contributed by atoms with Gasteiger partial charge < -0.3 is 4.74 Å². The molecule has 0 spiro atoms. The van der Waals surface area contributed by atoms with E-state index in [0.717, 1.165) is 5.56 Å². The molecule has 0 saturated carbocycles. The molecule has 21 heavy (non-hydrogen) atoms. The molecule has 0 heterocycles. The normalized spacial score (nSPS) is 12.0. The minimum atomic E-state index is -1.72. The van der Waals surface area contributed by atoms with E-state index in [1.54, 1.807) is 6.08 Å². The van der Waals surface area contributed by atoms with Crippen LogP contribution < -0.4 is 0 Å². The van der Waals surface area contributed by atoms with E-state index >= 15 is 0 Å². The second kappa shape index (κ2) is 8.03. The van der Waals surface area contributed by atoms with Crippen LogP contribution in [-0.4, -0.2) is 20.3 Å². The average molecular weight is 297 g/mol. The van der Waals surface area contributed by atoms with Gasteiger partial charge in [-0.05, 0) is 11.6 Å². The van der Waals surface area contributed by atoms with Crippen molar-refractivity contribution in [2.75, 3.05) is 6.23 Å². The van der Waals surface area contributed by atoms with E-state index < -0.39 is 14.0 Å². The lowest BCUT2D eigenvalue weighted by atomic mass is 10.2. The Morgan fingerprint density at radius 2 is 2.05 bits per heavy atom. The van der Waals surface area contributed by atoms with E-state index in [2.05, 4.69) is 6.58 Å². The van der Waals surface area contributed by atoms with Gasteiger partial charge in [-0.15, -0.1) is 6.58 Å². The van der Waals surface area contributed by atoms with Crippen molar-refractivity contribution < 1.29 is 9.53 Å². The van der Waals surface area contributed by atoms with Crippen molar-refractivity contribution >= 4 is 20.1 Å². The van der Waals surface area contributed by atoms with Crippen molar-refractivity contribution in [1.82, 2.24) is 0 Å². The van der Waals surface area contributed by atoms with E-state index in [4.69, 9.17) is 10.00 Å². The van der Waals surface area contributed by atoms with Gasteiger partial charge in [-0.2, -0.15) is 5.26 Å². The molecule has 0 N–H and O–H groups in total. The lowest BCUT2D eigenvalue weighted by Gasteiger charge is -2.16. The fourth-order valence-corrected chi connectivity index (χ4v) is 1.98. The maximum absolute atomic E-state index is 11.8. The molecule has 1 rings (SSSR count). The van der Waals surface area contributed by atoms with Crippen LogP contribution in [0.15, 0.2) is 60.3 Å². The number of esters is 1. The predicted octanol–water partition coefficient (Wildman–Crippen LogP) is 3.67. The molecule has 0 saturated heterocycles. The molecule has 0 aromatic heterocycles. The van der Waals surface area contributed by atoms with Crippen LogP contribution in [0, 0.1) is 11.3 Å². The van der Waals surface area contributed by atoms with Gasteiger partial charge in [0.2, 0.25) is 0 Å². The Morgan fingerprint density at radius 1 is 1.38 bits per heavy atom.